The Labute approximate surface area is 124 Å². The number of rotatable bonds is 6. The summed E-state index contributed by atoms with van der Waals surface area (Å²) < 4.78 is 0. The van der Waals surface area contributed by atoms with E-state index in [1.165, 1.54) is 13.1 Å². The highest BCUT2D eigenvalue weighted by Gasteiger charge is 2.24. The molecular weight excluding hydrogens is 250 g/mol. The molecule has 1 unspecified atom stereocenters. The zero-order chi connectivity index (χ0) is 15.0. The Kier molecular flexibility index (Phi) is 7.92. The average molecular weight is 283 g/mol. The van der Waals surface area contributed by atoms with Gasteiger partial charge in [0.1, 0.15) is 0 Å². The Morgan fingerprint density at radius 2 is 1.60 bits per heavy atom. The van der Waals surface area contributed by atoms with E-state index in [4.69, 9.17) is 4.99 Å². The van der Waals surface area contributed by atoms with Crippen LogP contribution in [-0.2, 0) is 0 Å². The van der Waals surface area contributed by atoms with Gasteiger partial charge >= 0.3 is 0 Å². The third kappa shape index (κ3) is 5.67. The van der Waals surface area contributed by atoms with Crippen molar-refractivity contribution in [2.75, 3.05) is 52.9 Å². The molecule has 20 heavy (non-hydrogen) atoms. The van der Waals surface area contributed by atoms with Crippen molar-refractivity contribution in [3.05, 3.63) is 0 Å². The standard InChI is InChI=1S/C15H33N5/c1-6-16-15(17-7-2)18-12-14(13(3)4)20-10-8-19(5)9-11-20/h13-14H,6-12H2,1-5H3,(H2,16,17,18). The summed E-state index contributed by atoms with van der Waals surface area (Å²) in [6, 6.07) is 0.538. The highest BCUT2D eigenvalue weighted by atomic mass is 15.3. The molecule has 0 aromatic carbocycles. The molecule has 5 nitrogen and oxygen atoms in total. The Balaban J connectivity index is 2.59. The lowest BCUT2D eigenvalue weighted by atomic mass is 10.0. The van der Waals surface area contributed by atoms with Crippen LogP contribution in [0.5, 0.6) is 0 Å². The van der Waals surface area contributed by atoms with Crippen molar-refractivity contribution in [1.82, 2.24) is 20.4 Å². The van der Waals surface area contributed by atoms with Gasteiger partial charge in [-0.2, -0.15) is 0 Å². The molecule has 0 bridgehead atoms. The van der Waals surface area contributed by atoms with Gasteiger partial charge in [0.2, 0.25) is 0 Å². The smallest absolute Gasteiger partial charge is 0.191 e. The van der Waals surface area contributed by atoms with Gasteiger partial charge in [-0.05, 0) is 26.8 Å². The lowest BCUT2D eigenvalue weighted by molar-refractivity contribution is 0.0925. The van der Waals surface area contributed by atoms with Crippen molar-refractivity contribution in [3.63, 3.8) is 0 Å². The van der Waals surface area contributed by atoms with E-state index < -0.39 is 0 Å². The molecule has 1 heterocycles. The third-order valence-corrected chi connectivity index (χ3v) is 3.90. The molecule has 0 aromatic heterocycles. The molecular formula is C15H33N5. The van der Waals surface area contributed by atoms with Crippen molar-refractivity contribution in [2.24, 2.45) is 10.9 Å². The van der Waals surface area contributed by atoms with Crippen LogP contribution >= 0.6 is 0 Å². The van der Waals surface area contributed by atoms with E-state index in [0.29, 0.717) is 12.0 Å². The molecule has 0 radical (unpaired) electrons. The lowest BCUT2D eigenvalue weighted by Gasteiger charge is -2.39. The molecule has 0 aliphatic carbocycles. The van der Waals surface area contributed by atoms with E-state index in [0.717, 1.165) is 38.7 Å². The maximum absolute atomic E-state index is 4.76. The van der Waals surface area contributed by atoms with Crippen LogP contribution in [0.3, 0.4) is 0 Å². The summed E-state index contributed by atoms with van der Waals surface area (Å²) in [4.78, 5) is 9.76. The normalized spacial score (nSPS) is 18.9. The highest BCUT2D eigenvalue weighted by molar-refractivity contribution is 5.79. The Morgan fingerprint density at radius 1 is 1.05 bits per heavy atom. The third-order valence-electron chi connectivity index (χ3n) is 3.90. The van der Waals surface area contributed by atoms with Crippen LogP contribution in [0.15, 0.2) is 4.99 Å². The van der Waals surface area contributed by atoms with Gasteiger partial charge in [-0.25, -0.2) is 0 Å². The van der Waals surface area contributed by atoms with Crippen molar-refractivity contribution in [2.45, 2.75) is 33.7 Å². The molecule has 0 spiro atoms. The summed E-state index contributed by atoms with van der Waals surface area (Å²) in [7, 11) is 2.20. The molecule has 1 aliphatic heterocycles. The minimum absolute atomic E-state index is 0.538. The van der Waals surface area contributed by atoms with Gasteiger partial charge in [0.15, 0.2) is 5.96 Å². The molecule has 1 aliphatic rings. The van der Waals surface area contributed by atoms with Gasteiger partial charge < -0.3 is 15.5 Å². The van der Waals surface area contributed by atoms with Crippen LogP contribution < -0.4 is 10.6 Å². The molecule has 0 saturated carbocycles. The first kappa shape index (κ1) is 17.2. The van der Waals surface area contributed by atoms with Crippen molar-refractivity contribution < 1.29 is 0 Å². The minimum atomic E-state index is 0.538. The number of nitrogens with zero attached hydrogens (tertiary/aromatic N) is 3. The van der Waals surface area contributed by atoms with E-state index in [1.807, 2.05) is 0 Å². The molecule has 118 valence electrons. The highest BCUT2D eigenvalue weighted by Crippen LogP contribution is 2.13. The summed E-state index contributed by atoms with van der Waals surface area (Å²) in [5, 5.41) is 6.60. The zero-order valence-corrected chi connectivity index (χ0v) is 13.9. The number of likely N-dealkylation sites (N-methyl/N-ethyl adjacent to an activating group) is 1. The Morgan fingerprint density at radius 3 is 2.05 bits per heavy atom. The number of hydrogen-bond acceptors (Lipinski definition) is 3. The molecule has 2 N–H and O–H groups in total. The lowest BCUT2D eigenvalue weighted by Crippen LogP contribution is -2.52. The van der Waals surface area contributed by atoms with Crippen LogP contribution in [0, 0.1) is 5.92 Å². The Bertz CT molecular complexity index is 274. The molecule has 1 saturated heterocycles. The topological polar surface area (TPSA) is 42.9 Å². The van der Waals surface area contributed by atoms with Crippen LogP contribution in [0.2, 0.25) is 0 Å². The van der Waals surface area contributed by atoms with E-state index >= 15 is 0 Å². The number of piperazine rings is 1. The van der Waals surface area contributed by atoms with E-state index in [1.54, 1.807) is 0 Å². The number of aliphatic imine (C=N–C) groups is 1. The number of nitrogens with one attached hydrogen (secondary N) is 2. The molecule has 0 amide bonds. The predicted molar refractivity (Wildman–Crippen MR) is 87.4 cm³/mol. The zero-order valence-electron chi connectivity index (χ0n) is 13.9. The van der Waals surface area contributed by atoms with Crippen molar-refractivity contribution >= 4 is 5.96 Å². The van der Waals surface area contributed by atoms with Crippen LogP contribution in [-0.4, -0.2) is 74.7 Å². The number of guanidine groups is 1. The molecule has 0 aromatic rings. The fourth-order valence-corrected chi connectivity index (χ4v) is 2.60. The first-order valence-electron chi connectivity index (χ1n) is 8.03. The molecule has 5 heteroatoms. The van der Waals surface area contributed by atoms with Crippen molar-refractivity contribution in [3.8, 4) is 0 Å². The van der Waals surface area contributed by atoms with Gasteiger partial charge in [-0.1, -0.05) is 13.8 Å². The second-order valence-electron chi connectivity index (χ2n) is 5.90. The van der Waals surface area contributed by atoms with Crippen LogP contribution in [0.25, 0.3) is 0 Å². The molecule has 1 fully saturated rings. The molecule has 1 atom stereocenters. The van der Waals surface area contributed by atoms with Crippen LogP contribution in [0.1, 0.15) is 27.7 Å². The number of hydrogen-bond donors (Lipinski definition) is 2. The summed E-state index contributed by atoms with van der Waals surface area (Å²) in [5.74, 6) is 1.57. The van der Waals surface area contributed by atoms with E-state index in [-0.39, 0.29) is 0 Å². The van der Waals surface area contributed by atoms with Gasteiger partial charge in [0, 0.05) is 45.3 Å². The van der Waals surface area contributed by atoms with Gasteiger partial charge in [0.05, 0.1) is 6.54 Å². The predicted octanol–water partition coefficient (Wildman–Crippen LogP) is 0.833. The first-order chi connectivity index (χ1) is 9.58. The van der Waals surface area contributed by atoms with Gasteiger partial charge in [0.25, 0.3) is 0 Å². The average Bonchev–Trinajstić information content (AvgIpc) is 2.41. The second kappa shape index (κ2) is 9.19. The summed E-state index contributed by atoms with van der Waals surface area (Å²) in [5.41, 5.74) is 0. The fraction of sp³-hybridized carbons (Fsp3) is 0.933. The largest absolute Gasteiger partial charge is 0.357 e. The molecule has 1 rings (SSSR count). The monoisotopic (exact) mass is 283 g/mol. The van der Waals surface area contributed by atoms with E-state index in [9.17, 15) is 0 Å². The van der Waals surface area contributed by atoms with Crippen LogP contribution in [0.4, 0.5) is 0 Å². The summed E-state index contributed by atoms with van der Waals surface area (Å²) >= 11 is 0. The minimum Gasteiger partial charge on any atom is -0.357 e. The quantitative estimate of drug-likeness (QED) is 0.560. The van der Waals surface area contributed by atoms with Gasteiger partial charge in [-0.15, -0.1) is 0 Å². The van der Waals surface area contributed by atoms with Gasteiger partial charge in [-0.3, -0.25) is 9.89 Å². The second-order valence-corrected chi connectivity index (χ2v) is 5.90. The maximum Gasteiger partial charge on any atom is 0.191 e. The van der Waals surface area contributed by atoms with E-state index in [2.05, 4.69) is 55.2 Å². The summed E-state index contributed by atoms with van der Waals surface area (Å²) in [6.07, 6.45) is 0. The first-order valence-corrected chi connectivity index (χ1v) is 8.03. The fourth-order valence-electron chi connectivity index (χ4n) is 2.60. The van der Waals surface area contributed by atoms with Crippen molar-refractivity contribution in [1.29, 1.82) is 0 Å². The maximum atomic E-state index is 4.76. The Hall–Kier alpha value is -0.810. The SMILES string of the molecule is CCNC(=NCC(C(C)C)N1CCN(C)CC1)NCC. The summed E-state index contributed by atoms with van der Waals surface area (Å²) in [6.45, 7) is 16.2.